The van der Waals surface area contributed by atoms with Gasteiger partial charge < -0.3 is 24.0 Å². The van der Waals surface area contributed by atoms with Crippen LogP contribution in [0.25, 0.3) is 0 Å². The van der Waals surface area contributed by atoms with Crippen molar-refractivity contribution >= 4 is 5.69 Å². The van der Waals surface area contributed by atoms with E-state index in [0.29, 0.717) is 19.4 Å². The zero-order chi connectivity index (χ0) is 22.9. The first-order valence-electron chi connectivity index (χ1n) is 11.8. The lowest BCUT2D eigenvalue weighted by molar-refractivity contribution is 0.130. The van der Waals surface area contributed by atoms with Gasteiger partial charge in [-0.3, -0.25) is 0 Å². The largest absolute Gasteiger partial charge is 0.473 e. The van der Waals surface area contributed by atoms with Crippen molar-refractivity contribution in [3.63, 3.8) is 0 Å². The summed E-state index contributed by atoms with van der Waals surface area (Å²) in [5.74, 6) is 4.08. The van der Waals surface area contributed by atoms with Gasteiger partial charge in [0.1, 0.15) is 23.0 Å². The van der Waals surface area contributed by atoms with Crippen LogP contribution >= 0.6 is 0 Å². The predicted molar refractivity (Wildman–Crippen MR) is 133 cm³/mol. The summed E-state index contributed by atoms with van der Waals surface area (Å²) in [7, 11) is 0. The van der Waals surface area contributed by atoms with Crippen LogP contribution < -0.4 is 19.1 Å². The highest BCUT2D eigenvalue weighted by Gasteiger charge is 2.23. The molecule has 3 aromatic carbocycles. The molecule has 0 fully saturated rings. The molecular formula is C29H28N2O3. The van der Waals surface area contributed by atoms with E-state index in [1.807, 2.05) is 36.4 Å². The molecule has 1 aliphatic carbocycles. The van der Waals surface area contributed by atoms with E-state index in [2.05, 4.69) is 65.3 Å². The topological polar surface area (TPSA) is 34.2 Å². The van der Waals surface area contributed by atoms with Crippen LogP contribution in [0.15, 0.2) is 96.4 Å². The lowest BCUT2D eigenvalue weighted by atomic mass is 9.98. The number of ether oxygens (including phenoxy) is 3. The zero-order valence-electron chi connectivity index (χ0n) is 19.3. The summed E-state index contributed by atoms with van der Waals surface area (Å²) in [6.45, 7) is 4.95. The first-order chi connectivity index (χ1) is 16.7. The maximum absolute atomic E-state index is 6.44. The summed E-state index contributed by atoms with van der Waals surface area (Å²) in [6, 6.07) is 24.7. The van der Waals surface area contributed by atoms with Crippen molar-refractivity contribution in [2.45, 2.75) is 26.4 Å². The quantitative estimate of drug-likeness (QED) is 0.479. The number of para-hydroxylation sites is 2. The maximum Gasteiger partial charge on any atom is 0.161 e. The SMILES string of the molecule is CC1CC=C(N2COc3ccccc3C2)C=C1Oc1cccc(N2COc3ccccc3C2)c1. The minimum atomic E-state index is 0.315. The number of hydrogen-bond acceptors (Lipinski definition) is 5. The Kier molecular flexibility index (Phi) is 5.38. The van der Waals surface area contributed by atoms with E-state index in [4.69, 9.17) is 14.2 Å². The van der Waals surface area contributed by atoms with Crippen LogP contribution in [0, 0.1) is 5.92 Å². The number of anilines is 1. The van der Waals surface area contributed by atoms with Gasteiger partial charge in [-0.1, -0.05) is 55.5 Å². The third-order valence-electron chi connectivity index (χ3n) is 6.66. The Hall–Kier alpha value is -3.86. The molecule has 0 amide bonds. The molecule has 5 nitrogen and oxygen atoms in total. The van der Waals surface area contributed by atoms with Gasteiger partial charge in [0.15, 0.2) is 13.5 Å². The van der Waals surface area contributed by atoms with Gasteiger partial charge in [0.2, 0.25) is 0 Å². The molecule has 0 bridgehead atoms. The molecule has 0 saturated heterocycles. The average Bonchev–Trinajstić information content (AvgIpc) is 2.89. The summed E-state index contributed by atoms with van der Waals surface area (Å²) >= 11 is 0. The van der Waals surface area contributed by atoms with E-state index in [1.165, 1.54) is 11.1 Å². The van der Waals surface area contributed by atoms with Gasteiger partial charge in [0, 0.05) is 47.6 Å². The number of rotatable bonds is 4. The van der Waals surface area contributed by atoms with E-state index < -0.39 is 0 Å². The molecule has 2 aliphatic heterocycles. The molecule has 6 rings (SSSR count). The Balaban J connectivity index is 1.19. The van der Waals surface area contributed by atoms with Crippen LogP contribution in [0.1, 0.15) is 24.5 Å². The molecule has 172 valence electrons. The Bertz CT molecular complexity index is 1270. The first-order valence-corrected chi connectivity index (χ1v) is 11.8. The standard InChI is InChI=1S/C29H28N2O3/c1-21-13-14-25(31-18-23-8-3-5-12-28(23)33-20-31)16-29(21)34-26-10-6-9-24(15-26)30-17-22-7-2-4-11-27(22)32-19-30/h2-12,14-16,21H,13,17-20H2,1H3. The van der Waals surface area contributed by atoms with Crippen molar-refractivity contribution in [2.75, 3.05) is 18.4 Å². The second-order valence-corrected chi connectivity index (χ2v) is 9.07. The Morgan fingerprint density at radius 1 is 0.794 bits per heavy atom. The van der Waals surface area contributed by atoms with Crippen LogP contribution in [-0.2, 0) is 13.1 Å². The highest BCUT2D eigenvalue weighted by Crippen LogP contribution is 2.34. The van der Waals surface area contributed by atoms with E-state index in [1.54, 1.807) is 0 Å². The van der Waals surface area contributed by atoms with Gasteiger partial charge >= 0.3 is 0 Å². The van der Waals surface area contributed by atoms with Gasteiger partial charge in [-0.25, -0.2) is 0 Å². The lowest BCUT2D eigenvalue weighted by Crippen LogP contribution is -2.32. The summed E-state index contributed by atoms with van der Waals surface area (Å²) in [4.78, 5) is 4.48. The molecule has 3 aliphatic rings. The summed E-state index contributed by atoms with van der Waals surface area (Å²) in [5, 5.41) is 0. The highest BCUT2D eigenvalue weighted by atomic mass is 16.5. The molecule has 1 atom stereocenters. The molecule has 0 spiro atoms. The number of fused-ring (bicyclic) bond motifs is 2. The van der Waals surface area contributed by atoms with E-state index in [-0.39, 0.29) is 0 Å². The average molecular weight is 453 g/mol. The number of benzene rings is 3. The maximum atomic E-state index is 6.44. The second kappa shape index (κ2) is 8.82. The lowest BCUT2D eigenvalue weighted by Gasteiger charge is -2.33. The molecular weight excluding hydrogens is 424 g/mol. The molecule has 0 N–H and O–H groups in total. The van der Waals surface area contributed by atoms with Crippen molar-refractivity contribution < 1.29 is 14.2 Å². The van der Waals surface area contributed by atoms with Gasteiger partial charge in [0.25, 0.3) is 0 Å². The fraction of sp³-hybridized carbons (Fsp3) is 0.241. The van der Waals surface area contributed by atoms with Crippen LogP contribution in [0.2, 0.25) is 0 Å². The van der Waals surface area contributed by atoms with Gasteiger partial charge in [-0.15, -0.1) is 0 Å². The molecule has 0 aromatic heterocycles. The van der Waals surface area contributed by atoms with Crippen molar-refractivity contribution in [1.82, 2.24) is 4.90 Å². The van der Waals surface area contributed by atoms with Gasteiger partial charge in [0.05, 0.1) is 0 Å². The van der Waals surface area contributed by atoms with Crippen molar-refractivity contribution in [3.8, 4) is 17.2 Å². The normalized spacial score (nSPS) is 19.1. The smallest absolute Gasteiger partial charge is 0.161 e. The van der Waals surface area contributed by atoms with Crippen molar-refractivity contribution in [3.05, 3.63) is 108 Å². The number of nitrogens with zero attached hydrogens (tertiary/aromatic N) is 2. The summed E-state index contributed by atoms with van der Waals surface area (Å²) in [6.07, 6.45) is 5.39. The number of hydrogen-bond donors (Lipinski definition) is 0. The predicted octanol–water partition coefficient (Wildman–Crippen LogP) is 6.08. The minimum absolute atomic E-state index is 0.315. The fourth-order valence-corrected chi connectivity index (χ4v) is 4.67. The summed E-state index contributed by atoms with van der Waals surface area (Å²) < 4.78 is 18.4. The molecule has 34 heavy (non-hydrogen) atoms. The Morgan fingerprint density at radius 3 is 2.24 bits per heavy atom. The molecule has 3 aromatic rings. The second-order valence-electron chi connectivity index (χ2n) is 9.07. The third-order valence-corrected chi connectivity index (χ3v) is 6.66. The van der Waals surface area contributed by atoms with E-state index in [0.717, 1.165) is 53.9 Å². The Labute approximate surface area is 200 Å². The molecule has 0 radical (unpaired) electrons. The number of allylic oxidation sites excluding steroid dienone is 3. The van der Waals surface area contributed by atoms with E-state index in [9.17, 15) is 0 Å². The van der Waals surface area contributed by atoms with Crippen LogP contribution in [0.5, 0.6) is 17.2 Å². The first kappa shape index (κ1) is 20.7. The van der Waals surface area contributed by atoms with E-state index >= 15 is 0 Å². The highest BCUT2D eigenvalue weighted by molar-refractivity contribution is 5.53. The summed E-state index contributed by atoms with van der Waals surface area (Å²) in [5.41, 5.74) is 4.65. The van der Waals surface area contributed by atoms with Crippen LogP contribution in [0.4, 0.5) is 5.69 Å². The van der Waals surface area contributed by atoms with Gasteiger partial charge in [-0.2, -0.15) is 0 Å². The molecule has 0 saturated carbocycles. The van der Waals surface area contributed by atoms with Crippen LogP contribution in [-0.4, -0.2) is 18.4 Å². The molecule has 1 unspecified atom stereocenters. The Morgan fingerprint density at radius 2 is 1.47 bits per heavy atom. The van der Waals surface area contributed by atoms with Crippen molar-refractivity contribution in [1.29, 1.82) is 0 Å². The third kappa shape index (κ3) is 4.10. The zero-order valence-corrected chi connectivity index (χ0v) is 19.3. The minimum Gasteiger partial charge on any atom is -0.473 e. The molecule has 5 heteroatoms. The van der Waals surface area contributed by atoms with Crippen LogP contribution in [0.3, 0.4) is 0 Å². The van der Waals surface area contributed by atoms with Gasteiger partial charge in [-0.05, 0) is 36.8 Å². The monoisotopic (exact) mass is 452 g/mol. The van der Waals surface area contributed by atoms with Crippen molar-refractivity contribution in [2.24, 2.45) is 5.92 Å². The molecule has 2 heterocycles. The fourth-order valence-electron chi connectivity index (χ4n) is 4.67.